The Labute approximate surface area is 71.4 Å². The van der Waals surface area contributed by atoms with Crippen LogP contribution >= 0.6 is 0 Å². The zero-order valence-corrected chi connectivity index (χ0v) is 8.43. The first-order chi connectivity index (χ1) is 5.11. The largest absolute Gasteiger partial charge is 0.0625 e. The fraction of sp³-hybridized carbons (Fsp3) is 1.00. The van der Waals surface area contributed by atoms with Crippen LogP contribution in [0.3, 0.4) is 0 Å². The molecule has 1 aliphatic carbocycles. The standard InChI is InChI=1S/C11H22/c1-8(2)10-5-6-11(7-10)9(3)4/h8-11H,5-7H2,1-4H3/t10-,11-/m0/s1. The summed E-state index contributed by atoms with van der Waals surface area (Å²) < 4.78 is 0. The van der Waals surface area contributed by atoms with E-state index in [1.165, 1.54) is 19.3 Å². The molecule has 0 aromatic heterocycles. The minimum absolute atomic E-state index is 0.916. The van der Waals surface area contributed by atoms with Crippen LogP contribution in [-0.2, 0) is 0 Å². The number of rotatable bonds is 2. The summed E-state index contributed by atoms with van der Waals surface area (Å²) in [6.07, 6.45) is 4.47. The molecule has 66 valence electrons. The normalized spacial score (nSPS) is 32.2. The van der Waals surface area contributed by atoms with Gasteiger partial charge < -0.3 is 0 Å². The van der Waals surface area contributed by atoms with E-state index in [1.807, 2.05) is 0 Å². The van der Waals surface area contributed by atoms with E-state index in [4.69, 9.17) is 0 Å². The van der Waals surface area contributed by atoms with Gasteiger partial charge in [0.1, 0.15) is 0 Å². The summed E-state index contributed by atoms with van der Waals surface area (Å²) in [7, 11) is 0. The van der Waals surface area contributed by atoms with Crippen molar-refractivity contribution in [3.63, 3.8) is 0 Å². The first-order valence-electron chi connectivity index (χ1n) is 5.11. The van der Waals surface area contributed by atoms with Crippen molar-refractivity contribution in [2.24, 2.45) is 23.7 Å². The van der Waals surface area contributed by atoms with Crippen molar-refractivity contribution in [3.8, 4) is 0 Å². The highest BCUT2D eigenvalue weighted by Crippen LogP contribution is 2.38. The molecule has 0 spiro atoms. The molecule has 1 rings (SSSR count). The Hall–Kier alpha value is 0. The van der Waals surface area contributed by atoms with E-state index in [0.717, 1.165) is 23.7 Å². The Balaban J connectivity index is 2.35. The molecule has 0 saturated heterocycles. The molecule has 0 aliphatic heterocycles. The van der Waals surface area contributed by atoms with E-state index in [2.05, 4.69) is 27.7 Å². The quantitative estimate of drug-likeness (QED) is 0.568. The van der Waals surface area contributed by atoms with Crippen molar-refractivity contribution < 1.29 is 0 Å². The Kier molecular flexibility index (Phi) is 2.98. The molecule has 0 N–H and O–H groups in total. The minimum Gasteiger partial charge on any atom is -0.0625 e. The summed E-state index contributed by atoms with van der Waals surface area (Å²) in [6.45, 7) is 9.47. The Morgan fingerprint density at radius 3 is 1.36 bits per heavy atom. The summed E-state index contributed by atoms with van der Waals surface area (Å²) in [6, 6.07) is 0. The Bertz CT molecular complexity index is 99.2. The van der Waals surface area contributed by atoms with Crippen LogP contribution in [-0.4, -0.2) is 0 Å². The minimum atomic E-state index is 0.916. The lowest BCUT2D eigenvalue weighted by molar-refractivity contribution is 0.340. The van der Waals surface area contributed by atoms with E-state index >= 15 is 0 Å². The van der Waals surface area contributed by atoms with Crippen LogP contribution in [0.1, 0.15) is 47.0 Å². The van der Waals surface area contributed by atoms with Gasteiger partial charge in [-0.25, -0.2) is 0 Å². The van der Waals surface area contributed by atoms with Gasteiger partial charge in [-0.05, 0) is 42.9 Å². The summed E-state index contributed by atoms with van der Waals surface area (Å²) in [4.78, 5) is 0. The van der Waals surface area contributed by atoms with Crippen molar-refractivity contribution >= 4 is 0 Å². The van der Waals surface area contributed by atoms with Crippen molar-refractivity contribution in [1.29, 1.82) is 0 Å². The first kappa shape index (κ1) is 9.09. The fourth-order valence-electron chi connectivity index (χ4n) is 2.26. The molecule has 0 aromatic carbocycles. The fourth-order valence-corrected chi connectivity index (χ4v) is 2.26. The zero-order valence-electron chi connectivity index (χ0n) is 8.43. The highest BCUT2D eigenvalue weighted by atomic mass is 14.3. The number of hydrogen-bond acceptors (Lipinski definition) is 0. The molecule has 0 bridgehead atoms. The Morgan fingerprint density at radius 2 is 1.18 bits per heavy atom. The average Bonchev–Trinajstić information content (AvgIpc) is 2.33. The third-order valence-electron chi connectivity index (χ3n) is 3.40. The van der Waals surface area contributed by atoms with Crippen molar-refractivity contribution in [2.75, 3.05) is 0 Å². The van der Waals surface area contributed by atoms with Gasteiger partial charge in [-0.2, -0.15) is 0 Å². The highest BCUT2D eigenvalue weighted by Gasteiger charge is 2.28. The lowest BCUT2D eigenvalue weighted by Gasteiger charge is -2.16. The van der Waals surface area contributed by atoms with Gasteiger partial charge in [-0.3, -0.25) is 0 Å². The highest BCUT2D eigenvalue weighted by molar-refractivity contribution is 4.78. The van der Waals surface area contributed by atoms with Crippen LogP contribution < -0.4 is 0 Å². The van der Waals surface area contributed by atoms with Gasteiger partial charge in [0.05, 0.1) is 0 Å². The van der Waals surface area contributed by atoms with Crippen molar-refractivity contribution in [2.45, 2.75) is 47.0 Å². The van der Waals surface area contributed by atoms with Gasteiger partial charge in [-0.15, -0.1) is 0 Å². The summed E-state index contributed by atoms with van der Waals surface area (Å²) in [5, 5.41) is 0. The Morgan fingerprint density at radius 1 is 0.818 bits per heavy atom. The average molecular weight is 154 g/mol. The molecule has 0 amide bonds. The molecular weight excluding hydrogens is 132 g/mol. The van der Waals surface area contributed by atoms with Gasteiger partial charge in [-0.1, -0.05) is 27.7 Å². The van der Waals surface area contributed by atoms with Gasteiger partial charge in [0.15, 0.2) is 0 Å². The van der Waals surface area contributed by atoms with Gasteiger partial charge in [0, 0.05) is 0 Å². The van der Waals surface area contributed by atoms with Crippen LogP contribution in [0.5, 0.6) is 0 Å². The monoisotopic (exact) mass is 154 g/mol. The second kappa shape index (κ2) is 3.60. The van der Waals surface area contributed by atoms with Crippen LogP contribution in [0.4, 0.5) is 0 Å². The lowest BCUT2D eigenvalue weighted by atomic mass is 9.89. The number of hydrogen-bond donors (Lipinski definition) is 0. The summed E-state index contributed by atoms with van der Waals surface area (Å²) >= 11 is 0. The molecule has 1 fully saturated rings. The van der Waals surface area contributed by atoms with Crippen LogP contribution in [0.25, 0.3) is 0 Å². The van der Waals surface area contributed by atoms with Crippen LogP contribution in [0.2, 0.25) is 0 Å². The molecule has 0 aromatic rings. The molecule has 0 heteroatoms. The first-order valence-corrected chi connectivity index (χ1v) is 5.11. The van der Waals surface area contributed by atoms with E-state index in [0.29, 0.717) is 0 Å². The van der Waals surface area contributed by atoms with E-state index in [1.54, 1.807) is 0 Å². The molecule has 0 heterocycles. The molecule has 1 saturated carbocycles. The molecule has 0 nitrogen and oxygen atoms in total. The van der Waals surface area contributed by atoms with Crippen LogP contribution in [0.15, 0.2) is 0 Å². The molecular formula is C11H22. The molecule has 0 unspecified atom stereocenters. The van der Waals surface area contributed by atoms with E-state index < -0.39 is 0 Å². The smallest absolute Gasteiger partial charge is 0.0388 e. The predicted octanol–water partition coefficient (Wildman–Crippen LogP) is 3.71. The third-order valence-corrected chi connectivity index (χ3v) is 3.40. The van der Waals surface area contributed by atoms with E-state index in [9.17, 15) is 0 Å². The summed E-state index contributed by atoms with van der Waals surface area (Å²) in [5.74, 6) is 3.89. The molecule has 11 heavy (non-hydrogen) atoms. The van der Waals surface area contributed by atoms with E-state index in [-0.39, 0.29) is 0 Å². The van der Waals surface area contributed by atoms with Crippen LogP contribution in [0, 0.1) is 23.7 Å². The zero-order chi connectivity index (χ0) is 8.43. The third kappa shape index (κ3) is 2.21. The second-order valence-electron chi connectivity index (χ2n) is 4.82. The topological polar surface area (TPSA) is 0 Å². The SMILES string of the molecule is CC(C)[C@H]1CC[C@H](C(C)C)C1. The van der Waals surface area contributed by atoms with Gasteiger partial charge in [0.2, 0.25) is 0 Å². The van der Waals surface area contributed by atoms with Gasteiger partial charge in [0.25, 0.3) is 0 Å². The second-order valence-corrected chi connectivity index (χ2v) is 4.82. The van der Waals surface area contributed by atoms with Gasteiger partial charge >= 0.3 is 0 Å². The maximum Gasteiger partial charge on any atom is -0.0388 e. The maximum absolute atomic E-state index is 2.37. The predicted molar refractivity (Wildman–Crippen MR) is 50.5 cm³/mol. The maximum atomic E-state index is 2.37. The molecule has 0 radical (unpaired) electrons. The van der Waals surface area contributed by atoms with Crippen molar-refractivity contribution in [1.82, 2.24) is 0 Å². The molecule has 2 atom stereocenters. The lowest BCUT2D eigenvalue weighted by Crippen LogP contribution is -2.07. The van der Waals surface area contributed by atoms with Crippen molar-refractivity contribution in [3.05, 3.63) is 0 Å². The summed E-state index contributed by atoms with van der Waals surface area (Å²) in [5.41, 5.74) is 0. The molecule has 1 aliphatic rings.